The molecule has 1 spiro atoms. The molecule has 34 heavy (non-hydrogen) atoms. The molecule has 6 rings (SSSR count). The molecule has 3 aromatic rings. The molecule has 8 nitrogen and oxygen atoms in total. The van der Waals surface area contributed by atoms with Gasteiger partial charge >= 0.3 is 0 Å². The molecule has 4 heterocycles. The lowest BCUT2D eigenvalue weighted by Crippen LogP contribution is -2.33. The van der Waals surface area contributed by atoms with E-state index in [4.69, 9.17) is 9.72 Å². The molecule has 2 fully saturated rings. The number of carbonyl (C=O) groups excluding carboxylic acids is 1. The maximum atomic E-state index is 13.4. The Kier molecular flexibility index (Phi) is 4.95. The second-order valence-electron chi connectivity index (χ2n) is 10.1. The summed E-state index contributed by atoms with van der Waals surface area (Å²) >= 11 is 0. The third-order valence-corrected chi connectivity index (χ3v) is 7.87. The van der Waals surface area contributed by atoms with Crippen LogP contribution >= 0.6 is 0 Å². The van der Waals surface area contributed by atoms with E-state index in [1.807, 2.05) is 30.2 Å². The molecule has 0 radical (unpaired) electrons. The topological polar surface area (TPSA) is 76.4 Å². The predicted octanol–water partition coefficient (Wildman–Crippen LogP) is 2.91. The summed E-state index contributed by atoms with van der Waals surface area (Å²) in [4.78, 5) is 27.3. The average Bonchev–Trinajstić information content (AvgIpc) is 3.56. The molecule has 2 aromatic heterocycles. The van der Waals surface area contributed by atoms with Gasteiger partial charge in [0.15, 0.2) is 0 Å². The molecule has 1 atom stereocenters. The van der Waals surface area contributed by atoms with Crippen LogP contribution in [0.25, 0.3) is 17.2 Å². The lowest BCUT2D eigenvalue weighted by Gasteiger charge is -2.23. The summed E-state index contributed by atoms with van der Waals surface area (Å²) in [6.07, 6.45) is 7.67. The van der Waals surface area contributed by atoms with Crippen LogP contribution in [0.1, 0.15) is 40.0 Å². The normalized spacial score (nSPS) is 21.7. The molecular weight excluding hydrogens is 428 g/mol. The van der Waals surface area contributed by atoms with Crippen LogP contribution in [0.15, 0.2) is 30.6 Å². The number of hydrogen-bond donors (Lipinski definition) is 0. The quantitative estimate of drug-likeness (QED) is 0.601. The minimum absolute atomic E-state index is 0.0585. The molecule has 0 saturated carbocycles. The second-order valence-corrected chi connectivity index (χ2v) is 10.1. The summed E-state index contributed by atoms with van der Waals surface area (Å²) in [6, 6.07) is 6.14. The molecule has 2 aliphatic heterocycles. The maximum Gasteiger partial charge on any atom is 0.257 e. The highest BCUT2D eigenvalue weighted by Crippen LogP contribution is 2.39. The standard InChI is InChI=1S/C26H30N6O2/c1-17-22(24(33)31-11-9-26(16-31)8-10-30(2)15-26)14-28-32(17)25-27-13-19-5-4-18-6-7-20(34-3)12-21(18)23(19)29-25/h6-7,12-14H,4-5,8-11,15-16H2,1-3H3. The smallest absolute Gasteiger partial charge is 0.257 e. The minimum atomic E-state index is 0.0585. The molecular formula is C26H30N6O2. The number of ether oxygens (including phenoxy) is 1. The van der Waals surface area contributed by atoms with Gasteiger partial charge in [0.25, 0.3) is 11.9 Å². The zero-order valence-electron chi connectivity index (χ0n) is 20.0. The molecule has 8 heteroatoms. The third kappa shape index (κ3) is 3.39. The van der Waals surface area contributed by atoms with Crippen molar-refractivity contribution in [2.45, 2.75) is 32.6 Å². The van der Waals surface area contributed by atoms with Crippen molar-refractivity contribution in [1.29, 1.82) is 0 Å². The fraction of sp³-hybridized carbons (Fsp3) is 0.462. The van der Waals surface area contributed by atoms with Crippen LogP contribution in [0.5, 0.6) is 5.75 Å². The van der Waals surface area contributed by atoms with E-state index in [1.165, 1.54) is 12.0 Å². The van der Waals surface area contributed by atoms with Crippen molar-refractivity contribution in [3.63, 3.8) is 0 Å². The van der Waals surface area contributed by atoms with Crippen LogP contribution in [0, 0.1) is 12.3 Å². The molecule has 2 saturated heterocycles. The van der Waals surface area contributed by atoms with E-state index in [2.05, 4.69) is 28.1 Å². The van der Waals surface area contributed by atoms with Gasteiger partial charge in [-0.05, 0) is 69.5 Å². The van der Waals surface area contributed by atoms with Gasteiger partial charge in [0, 0.05) is 36.8 Å². The van der Waals surface area contributed by atoms with Crippen LogP contribution in [0.2, 0.25) is 0 Å². The predicted molar refractivity (Wildman–Crippen MR) is 128 cm³/mol. The number of carbonyl (C=O) groups is 1. The van der Waals surface area contributed by atoms with Gasteiger partial charge in [-0.3, -0.25) is 4.79 Å². The fourth-order valence-electron chi connectivity index (χ4n) is 5.90. The van der Waals surface area contributed by atoms with Gasteiger partial charge in [0.1, 0.15) is 5.75 Å². The van der Waals surface area contributed by atoms with Crippen molar-refractivity contribution in [3.05, 3.63) is 53.0 Å². The number of nitrogens with zero attached hydrogens (tertiary/aromatic N) is 6. The van der Waals surface area contributed by atoms with Crippen LogP contribution in [-0.4, -0.2) is 75.8 Å². The lowest BCUT2D eigenvalue weighted by atomic mass is 9.86. The molecule has 176 valence electrons. The van der Waals surface area contributed by atoms with Gasteiger partial charge in [-0.15, -0.1) is 0 Å². The summed E-state index contributed by atoms with van der Waals surface area (Å²) in [5.74, 6) is 1.36. The molecule has 0 bridgehead atoms. The first-order valence-electron chi connectivity index (χ1n) is 12.0. The van der Waals surface area contributed by atoms with E-state index in [0.29, 0.717) is 11.5 Å². The van der Waals surface area contributed by atoms with Crippen molar-refractivity contribution in [2.75, 3.05) is 40.3 Å². The van der Waals surface area contributed by atoms with Gasteiger partial charge in [-0.1, -0.05) is 6.07 Å². The highest BCUT2D eigenvalue weighted by atomic mass is 16.5. The summed E-state index contributed by atoms with van der Waals surface area (Å²) < 4.78 is 7.13. The first kappa shape index (κ1) is 21.3. The zero-order valence-corrected chi connectivity index (χ0v) is 20.0. The fourth-order valence-corrected chi connectivity index (χ4v) is 5.90. The van der Waals surface area contributed by atoms with Crippen molar-refractivity contribution in [1.82, 2.24) is 29.5 Å². The molecule has 1 unspecified atom stereocenters. The van der Waals surface area contributed by atoms with Crippen LogP contribution < -0.4 is 4.74 Å². The van der Waals surface area contributed by atoms with Gasteiger partial charge in [0.05, 0.1) is 30.3 Å². The Hall–Kier alpha value is -3.26. The Morgan fingerprint density at radius 3 is 2.71 bits per heavy atom. The Morgan fingerprint density at radius 1 is 1.09 bits per heavy atom. The van der Waals surface area contributed by atoms with Gasteiger partial charge in [-0.25, -0.2) is 14.6 Å². The molecule has 3 aliphatic rings. The van der Waals surface area contributed by atoms with Crippen molar-refractivity contribution < 1.29 is 9.53 Å². The minimum Gasteiger partial charge on any atom is -0.497 e. The Morgan fingerprint density at radius 2 is 1.91 bits per heavy atom. The van der Waals surface area contributed by atoms with Gasteiger partial charge in [0.2, 0.25) is 0 Å². The summed E-state index contributed by atoms with van der Waals surface area (Å²) in [7, 11) is 3.84. The Balaban J connectivity index is 1.30. The van der Waals surface area contributed by atoms with Crippen LogP contribution in [0.3, 0.4) is 0 Å². The SMILES string of the molecule is COc1ccc2c(c1)-c1nc(-n3ncc(C(=O)N4CCC5(CCN(C)C5)C4)c3C)ncc1CC2. The number of methoxy groups -OCH3 is 1. The Labute approximate surface area is 199 Å². The number of rotatable bonds is 3. The van der Waals surface area contributed by atoms with Gasteiger partial charge in [-0.2, -0.15) is 5.10 Å². The maximum absolute atomic E-state index is 13.4. The van der Waals surface area contributed by atoms with Gasteiger partial charge < -0.3 is 14.5 Å². The van der Waals surface area contributed by atoms with Crippen molar-refractivity contribution in [2.24, 2.45) is 5.41 Å². The summed E-state index contributed by atoms with van der Waals surface area (Å²) in [6.45, 7) is 5.75. The first-order chi connectivity index (χ1) is 16.5. The number of aryl methyl sites for hydroxylation is 2. The number of hydrogen-bond acceptors (Lipinski definition) is 6. The number of likely N-dealkylation sites (tertiary alicyclic amines) is 2. The number of amides is 1. The van der Waals surface area contributed by atoms with E-state index in [9.17, 15) is 4.79 Å². The van der Waals surface area contributed by atoms with Crippen LogP contribution in [0.4, 0.5) is 0 Å². The second kappa shape index (κ2) is 7.91. The van der Waals surface area contributed by atoms with Crippen LogP contribution in [-0.2, 0) is 12.8 Å². The highest BCUT2D eigenvalue weighted by Gasteiger charge is 2.44. The van der Waals surface area contributed by atoms with E-state index in [1.54, 1.807) is 18.0 Å². The summed E-state index contributed by atoms with van der Waals surface area (Å²) in [5, 5.41) is 4.53. The highest BCUT2D eigenvalue weighted by molar-refractivity contribution is 5.95. The monoisotopic (exact) mass is 458 g/mol. The van der Waals surface area contributed by atoms with E-state index < -0.39 is 0 Å². The number of fused-ring (bicyclic) bond motifs is 3. The van der Waals surface area contributed by atoms with E-state index in [-0.39, 0.29) is 11.3 Å². The summed E-state index contributed by atoms with van der Waals surface area (Å²) in [5.41, 5.74) is 6.03. The van der Waals surface area contributed by atoms with Crippen molar-refractivity contribution >= 4 is 5.91 Å². The average molecular weight is 459 g/mol. The Bertz CT molecular complexity index is 1280. The molecule has 1 amide bonds. The zero-order chi connectivity index (χ0) is 23.4. The van der Waals surface area contributed by atoms with Crippen molar-refractivity contribution in [3.8, 4) is 23.0 Å². The third-order valence-electron chi connectivity index (χ3n) is 7.87. The lowest BCUT2D eigenvalue weighted by molar-refractivity contribution is 0.0773. The van der Waals surface area contributed by atoms with E-state index in [0.717, 1.165) is 73.7 Å². The first-order valence-corrected chi connectivity index (χ1v) is 12.0. The molecule has 0 N–H and O–H groups in total. The molecule has 1 aromatic carbocycles. The van der Waals surface area contributed by atoms with E-state index >= 15 is 0 Å². The molecule has 1 aliphatic carbocycles. The largest absolute Gasteiger partial charge is 0.497 e. The number of benzene rings is 1. The number of aromatic nitrogens is 4.